The van der Waals surface area contributed by atoms with Crippen molar-refractivity contribution < 1.29 is 4.79 Å². The van der Waals surface area contributed by atoms with Gasteiger partial charge in [0.05, 0.1) is 12.5 Å². The van der Waals surface area contributed by atoms with Gasteiger partial charge in [0.1, 0.15) is 0 Å². The molecule has 0 saturated carbocycles. The molecule has 1 N–H and O–H groups in total. The molecule has 16 heavy (non-hydrogen) atoms. The van der Waals surface area contributed by atoms with Gasteiger partial charge < -0.3 is 5.32 Å². The van der Waals surface area contributed by atoms with E-state index < -0.39 is 0 Å². The maximum atomic E-state index is 11.4. The molecule has 0 saturated heterocycles. The highest BCUT2D eigenvalue weighted by molar-refractivity contribution is 6.34. The van der Waals surface area contributed by atoms with E-state index in [2.05, 4.69) is 23.5 Å². The standard InChI is InChI=1S/C13H12ClNO/c14-10-7-12(16)15-11-6-5-8-3-1-2-4-9(8)13(10)11/h1-4,11H,5-7H2,(H,15,16). The first-order chi connectivity index (χ1) is 7.75. The second-order valence-corrected chi connectivity index (χ2v) is 4.77. The molecule has 1 heterocycles. The zero-order chi connectivity index (χ0) is 11.1. The van der Waals surface area contributed by atoms with Gasteiger partial charge in [-0.3, -0.25) is 4.79 Å². The van der Waals surface area contributed by atoms with Gasteiger partial charge >= 0.3 is 0 Å². The second-order valence-electron chi connectivity index (χ2n) is 4.31. The average Bonchev–Trinajstić information content (AvgIpc) is 2.28. The third-order valence-corrected chi connectivity index (χ3v) is 3.64. The maximum absolute atomic E-state index is 11.4. The molecule has 1 aliphatic carbocycles. The van der Waals surface area contributed by atoms with Gasteiger partial charge in [0, 0.05) is 5.03 Å². The predicted molar refractivity (Wildman–Crippen MR) is 64.1 cm³/mol. The number of hydrogen-bond acceptors (Lipinski definition) is 1. The van der Waals surface area contributed by atoms with Crippen LogP contribution in [0.1, 0.15) is 24.0 Å². The van der Waals surface area contributed by atoms with Crippen molar-refractivity contribution in [2.45, 2.75) is 25.3 Å². The number of nitrogens with one attached hydrogen (secondary N) is 1. The van der Waals surface area contributed by atoms with Crippen molar-refractivity contribution in [3.63, 3.8) is 0 Å². The minimum atomic E-state index is 0.0399. The first-order valence-electron chi connectivity index (χ1n) is 5.52. The Morgan fingerprint density at radius 1 is 1.31 bits per heavy atom. The number of aryl methyl sites for hydroxylation is 1. The van der Waals surface area contributed by atoms with E-state index in [4.69, 9.17) is 11.6 Å². The molecule has 1 amide bonds. The number of carbonyl (C=O) groups is 1. The highest BCUT2D eigenvalue weighted by Crippen LogP contribution is 2.37. The molecule has 3 rings (SSSR count). The summed E-state index contributed by atoms with van der Waals surface area (Å²) >= 11 is 6.23. The van der Waals surface area contributed by atoms with E-state index in [1.165, 1.54) is 11.1 Å². The largest absolute Gasteiger partial charge is 0.349 e. The second kappa shape index (κ2) is 3.63. The van der Waals surface area contributed by atoms with E-state index in [-0.39, 0.29) is 11.9 Å². The summed E-state index contributed by atoms with van der Waals surface area (Å²) < 4.78 is 0. The van der Waals surface area contributed by atoms with Crippen LogP contribution < -0.4 is 5.32 Å². The monoisotopic (exact) mass is 233 g/mol. The van der Waals surface area contributed by atoms with Crippen LogP contribution in [0.15, 0.2) is 29.3 Å². The van der Waals surface area contributed by atoms with Crippen molar-refractivity contribution in [1.29, 1.82) is 0 Å². The maximum Gasteiger partial charge on any atom is 0.225 e. The lowest BCUT2D eigenvalue weighted by molar-refractivity contribution is -0.121. The number of fused-ring (bicyclic) bond motifs is 3. The van der Waals surface area contributed by atoms with Crippen LogP contribution >= 0.6 is 11.6 Å². The molecule has 1 aromatic rings. The van der Waals surface area contributed by atoms with Crippen molar-refractivity contribution in [2.75, 3.05) is 0 Å². The molecule has 0 fully saturated rings. The van der Waals surface area contributed by atoms with Crippen LogP contribution in [0.4, 0.5) is 0 Å². The summed E-state index contributed by atoms with van der Waals surface area (Å²) in [6.45, 7) is 0. The molecule has 2 nitrogen and oxygen atoms in total. The third-order valence-electron chi connectivity index (χ3n) is 3.30. The van der Waals surface area contributed by atoms with Crippen LogP contribution in [0.3, 0.4) is 0 Å². The molecule has 82 valence electrons. The zero-order valence-corrected chi connectivity index (χ0v) is 9.55. The van der Waals surface area contributed by atoms with Crippen molar-refractivity contribution in [1.82, 2.24) is 5.32 Å². The van der Waals surface area contributed by atoms with Crippen molar-refractivity contribution in [2.24, 2.45) is 0 Å². The molecule has 3 heteroatoms. The van der Waals surface area contributed by atoms with Crippen LogP contribution in [0.2, 0.25) is 0 Å². The zero-order valence-electron chi connectivity index (χ0n) is 8.79. The number of rotatable bonds is 0. The van der Waals surface area contributed by atoms with Crippen LogP contribution in [0.25, 0.3) is 5.57 Å². The summed E-state index contributed by atoms with van der Waals surface area (Å²) in [6.07, 6.45) is 2.28. The van der Waals surface area contributed by atoms with Gasteiger partial charge in [0.2, 0.25) is 5.91 Å². The van der Waals surface area contributed by atoms with Gasteiger partial charge in [-0.05, 0) is 29.5 Å². The van der Waals surface area contributed by atoms with E-state index in [1.807, 2.05) is 6.07 Å². The lowest BCUT2D eigenvalue weighted by Gasteiger charge is -2.32. The Kier molecular flexibility index (Phi) is 2.25. The lowest BCUT2D eigenvalue weighted by Crippen LogP contribution is -2.41. The lowest BCUT2D eigenvalue weighted by atomic mass is 9.82. The van der Waals surface area contributed by atoms with Gasteiger partial charge in [-0.2, -0.15) is 0 Å². The SMILES string of the molecule is O=C1CC(Cl)=C2c3ccccc3CCC2N1. The Morgan fingerprint density at radius 2 is 2.12 bits per heavy atom. The smallest absolute Gasteiger partial charge is 0.225 e. The van der Waals surface area contributed by atoms with E-state index >= 15 is 0 Å². The Morgan fingerprint density at radius 3 is 3.00 bits per heavy atom. The van der Waals surface area contributed by atoms with Crippen molar-refractivity contribution >= 4 is 23.1 Å². The summed E-state index contributed by atoms with van der Waals surface area (Å²) in [4.78, 5) is 11.4. The molecular formula is C13H12ClNO. The molecule has 1 unspecified atom stereocenters. The number of halogens is 1. The molecule has 1 aliphatic heterocycles. The van der Waals surface area contributed by atoms with Gasteiger partial charge in [-0.15, -0.1) is 0 Å². The Labute approximate surface area is 99.3 Å². The van der Waals surface area contributed by atoms with Gasteiger partial charge in [0.25, 0.3) is 0 Å². The Bertz CT molecular complexity index is 492. The van der Waals surface area contributed by atoms with Crippen LogP contribution in [-0.4, -0.2) is 11.9 Å². The minimum absolute atomic E-state index is 0.0399. The number of benzene rings is 1. The normalized spacial score (nSPS) is 23.6. The fourth-order valence-electron chi connectivity index (χ4n) is 2.59. The topological polar surface area (TPSA) is 29.1 Å². The van der Waals surface area contributed by atoms with Gasteiger partial charge in [-0.1, -0.05) is 35.9 Å². The van der Waals surface area contributed by atoms with Gasteiger partial charge in [-0.25, -0.2) is 0 Å². The van der Waals surface area contributed by atoms with Crippen LogP contribution in [0.5, 0.6) is 0 Å². The summed E-state index contributed by atoms with van der Waals surface area (Å²) in [5.74, 6) is 0.0399. The molecule has 1 atom stereocenters. The van der Waals surface area contributed by atoms with E-state index in [9.17, 15) is 4.79 Å². The van der Waals surface area contributed by atoms with Gasteiger partial charge in [0.15, 0.2) is 0 Å². The molecule has 0 aromatic heterocycles. The first-order valence-corrected chi connectivity index (χ1v) is 5.89. The number of amides is 1. The van der Waals surface area contributed by atoms with Crippen LogP contribution in [0, 0.1) is 0 Å². The summed E-state index contributed by atoms with van der Waals surface area (Å²) in [7, 11) is 0. The van der Waals surface area contributed by atoms with Crippen LogP contribution in [-0.2, 0) is 11.2 Å². The van der Waals surface area contributed by atoms with E-state index in [0.717, 1.165) is 18.4 Å². The average molecular weight is 234 g/mol. The fourth-order valence-corrected chi connectivity index (χ4v) is 2.95. The molecule has 0 radical (unpaired) electrons. The van der Waals surface area contributed by atoms with E-state index in [0.29, 0.717) is 11.5 Å². The molecule has 2 aliphatic rings. The van der Waals surface area contributed by atoms with Crippen molar-refractivity contribution in [3.05, 3.63) is 40.4 Å². The number of hydrogen-bond donors (Lipinski definition) is 1. The quantitative estimate of drug-likeness (QED) is 0.733. The Hall–Kier alpha value is -1.28. The molecule has 1 aromatic carbocycles. The minimum Gasteiger partial charge on any atom is -0.349 e. The Balaban J connectivity index is 2.17. The highest BCUT2D eigenvalue weighted by atomic mass is 35.5. The van der Waals surface area contributed by atoms with Crippen molar-refractivity contribution in [3.8, 4) is 0 Å². The molecule has 0 bridgehead atoms. The predicted octanol–water partition coefficient (Wildman–Crippen LogP) is 2.47. The highest BCUT2D eigenvalue weighted by Gasteiger charge is 2.31. The number of carbonyl (C=O) groups excluding carboxylic acids is 1. The fraction of sp³-hybridized carbons (Fsp3) is 0.308. The molecular weight excluding hydrogens is 222 g/mol. The first kappa shape index (κ1) is 9.91. The molecule has 0 spiro atoms. The summed E-state index contributed by atoms with van der Waals surface area (Å²) in [5, 5.41) is 3.72. The van der Waals surface area contributed by atoms with E-state index in [1.54, 1.807) is 0 Å². The summed E-state index contributed by atoms with van der Waals surface area (Å²) in [5.41, 5.74) is 3.68. The third kappa shape index (κ3) is 1.45. The summed E-state index contributed by atoms with van der Waals surface area (Å²) in [6, 6.07) is 8.42.